The molecule has 40 heteroatoms. The number of aromatic amines is 3. The van der Waals surface area contributed by atoms with Gasteiger partial charge in [0, 0.05) is 163 Å². The van der Waals surface area contributed by atoms with E-state index in [1.165, 1.54) is 75.9 Å². The minimum atomic E-state index is -4.39. The molecule has 8 N–H and O–H groups in total. The number of benzene rings is 5. The maximum atomic E-state index is 15.2. The quantitative estimate of drug-likeness (QED) is 0.0329. The predicted molar refractivity (Wildman–Crippen MR) is 562 cm³/mol. The van der Waals surface area contributed by atoms with E-state index in [-0.39, 0.29) is 66.1 Å². The molecule has 6 fully saturated rings. The fraction of sp³-hybridized carbons (Fsp3) is 0.391. The number of aryl methyl sites for hydroxylation is 3. The maximum Gasteiger partial charge on any atom is 0.414 e. The maximum absolute atomic E-state index is 15.2. The molecule has 6 aliphatic rings. The number of halogens is 3. The van der Waals surface area contributed by atoms with Crippen molar-refractivity contribution >= 4 is 126 Å². The van der Waals surface area contributed by atoms with E-state index in [0.717, 1.165) is 77.3 Å². The zero-order valence-electron chi connectivity index (χ0n) is 137. The number of hydrogen-bond donors (Lipinski definition) is 7. The topological polar surface area (TPSA) is 443 Å². The number of rotatable bonds is 17. The second-order valence-electron chi connectivity index (χ2n) is 35.5. The Labute approximate surface area is 856 Å². The molecule has 20 rings (SSSR count). The van der Waals surface area contributed by atoms with Crippen LogP contribution in [0.2, 0.25) is 0 Å². The van der Waals surface area contributed by atoms with E-state index in [1.54, 1.807) is 150 Å². The summed E-state index contributed by atoms with van der Waals surface area (Å²) in [7, 11) is -1.08. The van der Waals surface area contributed by atoms with Crippen molar-refractivity contribution in [2.45, 2.75) is 123 Å². The zero-order valence-corrected chi connectivity index (χ0v) is 76.6. The molecule has 9 atom stereocenters. The van der Waals surface area contributed by atoms with Crippen LogP contribution >= 0.6 is 0 Å². The largest absolute Gasteiger partial charge is 0.505 e. The van der Waals surface area contributed by atoms with Crippen molar-refractivity contribution in [1.82, 2.24) is 80.1 Å². The fourth-order valence-corrected chi connectivity index (χ4v) is 19.7. The smallest absolute Gasteiger partial charge is 0.414 e. The van der Waals surface area contributed by atoms with E-state index in [9.17, 15) is 30.8 Å². The zero-order chi connectivity index (χ0) is 155. The van der Waals surface area contributed by atoms with Gasteiger partial charge in [0.2, 0.25) is 19.7 Å². The van der Waals surface area contributed by atoms with Gasteiger partial charge in [-0.1, -0.05) is 45.5 Å². The first-order chi connectivity index (χ1) is 93.2. The lowest BCUT2D eigenvalue weighted by molar-refractivity contribution is 0.0579. The van der Waals surface area contributed by atoms with Crippen LogP contribution in [0, 0.1) is 85.6 Å². The molecule has 3 aliphatic heterocycles. The summed E-state index contributed by atoms with van der Waals surface area (Å²) in [5, 5.41) is 16.3. The van der Waals surface area contributed by atoms with Gasteiger partial charge >= 0.3 is 24.2 Å². The van der Waals surface area contributed by atoms with Crippen LogP contribution in [0.3, 0.4) is 0 Å². The molecule has 3 aliphatic carbocycles. The number of amides is 2. The van der Waals surface area contributed by atoms with Gasteiger partial charge < -0.3 is 74.6 Å². The second kappa shape index (κ2) is 36.7. The minimum absolute atomic E-state index is 0. The van der Waals surface area contributed by atoms with Crippen LogP contribution < -0.4 is 54.9 Å². The van der Waals surface area contributed by atoms with E-state index in [1.807, 2.05) is 0 Å². The summed E-state index contributed by atoms with van der Waals surface area (Å²) >= 11 is 0. The average Bonchev–Trinajstić information content (AvgIpc) is 1.63. The molecular formula is C92H169F3N22O13S2. The van der Waals surface area contributed by atoms with Crippen LogP contribution in [0.1, 0.15) is 185 Å². The number of anilines is 5. The van der Waals surface area contributed by atoms with Gasteiger partial charge in [0.15, 0.2) is 22.3 Å². The molecule has 14 aromatic rings. The Bertz CT molecular complexity index is 7060. The summed E-state index contributed by atoms with van der Waals surface area (Å²) in [6.07, 6.45) is 7.63. The standard InChI is InChI=1S/C32H33FN4O8S2.C27H30FN7O3.C21H21FN8O.C6H11N.C5H6N2O.CH4.32H2/c1-32(2,3)45-31(38)37(4)25-16-21(33)15-24-26-28(34-27(24)25)35-30(47(41,42)18-20-9-13-23(44-6)14-10-20)36-29(26)46(39,40)17-19-7-11-22(43-5)12-8-19;1-13-18-11-35(12-19(13)18)24-21-17-7-15(28)8-20(34(6)26(36)38-27(3,4)5)22(17)31-23(21)32-25(33-24)37-16-9-29-14(2)30-10-16;1-9-25-5-11(6-26-9)31-21-28-19-16(12-3-10(22)4-15(24-2)18(12)27-19)20(29-21)30-7-13-14(8-30)17(13)23;1-4-5-2-7-3-6(4)5;1-4-6-2-5(8)3-7-4;;;;;;;;;;;;;;;;;;;;;;;;;;;;;;;;;/h7-16H,17-18H2,1-6H3,(H,34,35,36);7-10,13,18-19H,11-12H2,1-6H3,(H,31,32,33);3-6,13-14,17,24H,7-8,23H2,1-2H3,(H,27,28,29);4-7H,2-3H2,1H3;2-3,8H,1H3;1H4;32*1H/t;13?,18-,19+;13-,14+,17?;4?,5-,6+;;;;;;;;;;;;;;;;;;;;;;;;;;;;;;;;;;/i;;;;;;31*1+1D;1+1. The molecule has 3 unspecified atom stereocenters. The monoisotopic (exact) mass is 1970 g/mol. The number of carbonyl (C=O) groups excluding carboxylic acids is 2. The third-order valence-corrected chi connectivity index (χ3v) is 27.1. The lowest BCUT2D eigenvalue weighted by atomic mass is 10.1. The van der Waals surface area contributed by atoms with Gasteiger partial charge in [0.1, 0.15) is 86.2 Å². The van der Waals surface area contributed by atoms with Gasteiger partial charge in [-0.05, 0) is 195 Å². The highest BCUT2D eigenvalue weighted by Gasteiger charge is 2.55. The first kappa shape index (κ1) is 61.2. The third kappa shape index (κ3) is 20.0. The van der Waals surface area contributed by atoms with E-state index in [0.29, 0.717) is 132 Å². The molecular weight excluding hydrogens is 1740 g/mol. The third-order valence-electron chi connectivity index (χ3n) is 24.0. The Kier molecular flexibility index (Phi) is 17.0. The molecule has 132 heavy (non-hydrogen) atoms. The van der Waals surface area contributed by atoms with Crippen LogP contribution in [0.4, 0.5) is 51.5 Å². The molecule has 0 radical (unpaired) electrons. The van der Waals surface area contributed by atoms with Gasteiger partial charge in [0.05, 0.1) is 113 Å². The molecule has 9 aromatic heterocycles. The Morgan fingerprint density at radius 1 is 0.530 bits per heavy atom. The number of carbonyl (C=O) groups is 2. The minimum Gasteiger partial charge on any atom is -0.505 e. The summed E-state index contributed by atoms with van der Waals surface area (Å²) < 4.78 is 443. The van der Waals surface area contributed by atoms with Crippen molar-refractivity contribution in [3.63, 3.8) is 0 Å². The second-order valence-corrected chi connectivity index (χ2v) is 39.3. The number of aromatic nitrogens is 15. The van der Waals surface area contributed by atoms with Gasteiger partial charge in [-0.25, -0.2) is 79.5 Å². The number of ether oxygens (including phenoxy) is 6. The number of fused-ring (bicyclic) bond motifs is 12. The van der Waals surface area contributed by atoms with Gasteiger partial charge in [0.25, 0.3) is 5.16 Å². The molecule has 3 saturated carbocycles. The highest BCUT2D eigenvalue weighted by Crippen LogP contribution is 2.54. The number of nitrogens with two attached hydrogens (primary N) is 1. The van der Waals surface area contributed by atoms with Crippen LogP contribution in [-0.2, 0) is 40.7 Å². The van der Waals surface area contributed by atoms with E-state index in [2.05, 4.69) is 99.1 Å². The highest BCUT2D eigenvalue weighted by molar-refractivity contribution is 7.91. The molecule has 5 aromatic carbocycles. The molecule has 0 bridgehead atoms. The van der Waals surface area contributed by atoms with E-state index in [4.69, 9.17) is 141 Å². The van der Waals surface area contributed by atoms with Crippen LogP contribution in [0.15, 0.2) is 132 Å². The van der Waals surface area contributed by atoms with Crippen LogP contribution in [0.25, 0.3) is 65.8 Å². The number of aromatic hydroxyl groups is 1. The first-order valence-corrected chi connectivity index (χ1v) is 45.8. The number of hydrogen-bond acceptors (Lipinski definition) is 30. The lowest BCUT2D eigenvalue weighted by Crippen LogP contribution is -2.34. The molecule has 0 spiro atoms. The van der Waals surface area contributed by atoms with E-state index < -0.39 is 76.4 Å². The first-order valence-electron chi connectivity index (χ1n) is 73.5. The average molecular weight is 1980 g/mol. The Hall–Kier alpha value is -13.5. The summed E-state index contributed by atoms with van der Waals surface area (Å²) in [6.45, 7) is 26.3. The summed E-state index contributed by atoms with van der Waals surface area (Å²) in [5.74, 6) is 8.67. The van der Waals surface area contributed by atoms with E-state index >= 15 is 8.78 Å². The Morgan fingerprint density at radius 2 is 0.909 bits per heavy atom. The summed E-state index contributed by atoms with van der Waals surface area (Å²) in [4.78, 5) is 93.3. The SMILES string of the molecule is C.CC1[C@H]2CNC[C@@H]12.CNc1cc(F)cc2c1[nH]c1nc(Oc3cnc(C)nc3)nc(N3C[C@@H]4C(N)[C@@H]4C3)c12.COc1ccc(CS(=O)(=O)c2nc(S(=O)(=O)Cc3ccc(OC)cc3)c3c(n2)[nH]c2c(N(C)C(=O)OC(C)(C)C)cc(F)cc23)cc1.Cc1ncc(O)cn1.Cc1ncc(Oc2nc(N3C[C@@H]4C(C)[C@@H]4C3)c3c(n2)[nH]c2c(N(C)C(=O)OC(C)(C)C)cc(F)cc23)cn1.[2HH].[2H][2H].[2H][2H].[2H][2H].[2H][2H].[2H][2H].[2H][2H].[2H][2H].[2H][2H].[2H][2H].[2H][2H].[2H][2H].[2H][2H].[2H][2H].[2H][2H].[2H][2H].[2H][2H].[2H][2H].[2H][2H].[2H][2H].[2H][2H].[2H][2H].[2H][2H].[2H][2H].[2H][2H].[2H][2H].[2H][2H].[2H][2H].[2H][2H].[2H][2H].[2H][2H].[2H][2H]. The van der Waals surface area contributed by atoms with Crippen molar-refractivity contribution in [3.05, 3.63) is 168 Å². The summed E-state index contributed by atoms with van der Waals surface area (Å²) in [5.41, 5.74) is 8.65. The van der Waals surface area contributed by atoms with Crippen molar-refractivity contribution < 1.29 is 167 Å². The number of H-pyrrole nitrogens is 3. The molecule has 35 nitrogen and oxygen atoms in total. The Morgan fingerprint density at radius 3 is 1.31 bits per heavy atom. The number of piperidine rings is 3. The van der Waals surface area contributed by atoms with Gasteiger partial charge in [-0.2, -0.15) is 19.9 Å². The Balaban J connectivity index is -0.000000120. The van der Waals surface area contributed by atoms with Crippen molar-refractivity contribution in [2.24, 2.45) is 53.1 Å². The molecule has 12 heterocycles. The van der Waals surface area contributed by atoms with Crippen molar-refractivity contribution in [1.29, 1.82) is 0 Å². The number of methoxy groups -OCH3 is 2. The van der Waals surface area contributed by atoms with Crippen LogP contribution in [0.5, 0.6) is 40.8 Å². The lowest BCUT2D eigenvalue weighted by Gasteiger charge is -2.25. The number of nitrogens with zero attached hydrogens (tertiary/aromatic N) is 16. The highest BCUT2D eigenvalue weighted by atomic mass is 32.2. The van der Waals surface area contributed by atoms with Crippen molar-refractivity contribution in [3.8, 4) is 40.8 Å². The number of nitrogens with one attached hydrogen (secondary N) is 5. The van der Waals surface area contributed by atoms with Crippen LogP contribution in [-0.4, -0.2) is 201 Å². The number of sulfone groups is 2. The van der Waals surface area contributed by atoms with Crippen molar-refractivity contribution in [2.75, 3.05) is 99.5 Å². The van der Waals surface area contributed by atoms with Gasteiger partial charge in [-0.15, -0.1) is 0 Å². The molecule has 758 valence electrons. The van der Waals surface area contributed by atoms with Gasteiger partial charge in [-0.3, -0.25) is 9.80 Å². The molecule has 3 saturated heterocycles. The predicted octanol–water partition coefficient (Wildman–Crippen LogP) is 22.8. The summed E-state index contributed by atoms with van der Waals surface area (Å²) in [6, 6.07) is 21.0. The fourth-order valence-electron chi connectivity index (χ4n) is 16.9. The normalized spacial score (nSPS) is 21.0. The molecule has 2 amide bonds.